The summed E-state index contributed by atoms with van der Waals surface area (Å²) < 4.78 is 46.6. The SMILES string of the molecule is FC(F)(F)C(COCc1cccc(Cc2ccccc2)c1)c1ccc(Br)cc1. The van der Waals surface area contributed by atoms with Crippen LogP contribution in [-0.2, 0) is 17.8 Å². The highest BCUT2D eigenvalue weighted by Gasteiger charge is 2.40. The van der Waals surface area contributed by atoms with E-state index in [0.717, 1.165) is 22.0 Å². The van der Waals surface area contributed by atoms with Gasteiger partial charge in [-0.2, -0.15) is 13.2 Å². The molecule has 0 amide bonds. The van der Waals surface area contributed by atoms with Gasteiger partial charge in [0.1, 0.15) is 5.92 Å². The fourth-order valence-electron chi connectivity index (χ4n) is 3.03. The van der Waals surface area contributed by atoms with Crippen LogP contribution in [0.15, 0.2) is 83.3 Å². The summed E-state index contributed by atoms with van der Waals surface area (Å²) in [5.74, 6) is -1.65. The zero-order valence-corrected chi connectivity index (χ0v) is 16.7. The number of hydrogen-bond donors (Lipinski definition) is 0. The van der Waals surface area contributed by atoms with Crippen molar-refractivity contribution in [2.24, 2.45) is 0 Å². The van der Waals surface area contributed by atoms with E-state index in [1.54, 1.807) is 12.1 Å². The van der Waals surface area contributed by atoms with Gasteiger partial charge in [-0.15, -0.1) is 0 Å². The van der Waals surface area contributed by atoms with Gasteiger partial charge in [0.15, 0.2) is 0 Å². The van der Waals surface area contributed by atoms with Gasteiger partial charge in [-0.25, -0.2) is 0 Å². The highest BCUT2D eigenvalue weighted by molar-refractivity contribution is 9.10. The highest BCUT2D eigenvalue weighted by atomic mass is 79.9. The largest absolute Gasteiger partial charge is 0.397 e. The van der Waals surface area contributed by atoms with E-state index >= 15 is 0 Å². The normalized spacial score (nSPS) is 12.7. The van der Waals surface area contributed by atoms with Gasteiger partial charge in [0.2, 0.25) is 0 Å². The second-order valence-electron chi connectivity index (χ2n) is 6.64. The number of rotatable bonds is 7. The van der Waals surface area contributed by atoms with E-state index in [1.807, 2.05) is 42.5 Å². The fraction of sp³-hybridized carbons (Fsp3) is 0.217. The highest BCUT2D eigenvalue weighted by Crippen LogP contribution is 2.35. The third kappa shape index (κ3) is 5.94. The monoisotopic (exact) mass is 448 g/mol. The molecule has 0 aliphatic carbocycles. The molecule has 5 heteroatoms. The van der Waals surface area contributed by atoms with Crippen molar-refractivity contribution in [3.8, 4) is 0 Å². The van der Waals surface area contributed by atoms with Gasteiger partial charge in [-0.3, -0.25) is 0 Å². The second kappa shape index (κ2) is 9.39. The van der Waals surface area contributed by atoms with Crippen molar-refractivity contribution >= 4 is 15.9 Å². The van der Waals surface area contributed by atoms with E-state index in [0.29, 0.717) is 0 Å². The van der Waals surface area contributed by atoms with Crippen LogP contribution in [0, 0.1) is 0 Å². The molecule has 28 heavy (non-hydrogen) atoms. The Morgan fingerprint density at radius 1 is 0.786 bits per heavy atom. The molecule has 3 aromatic carbocycles. The van der Waals surface area contributed by atoms with Crippen LogP contribution in [0.4, 0.5) is 13.2 Å². The summed E-state index contributed by atoms with van der Waals surface area (Å²) in [6, 6.07) is 24.0. The lowest BCUT2D eigenvalue weighted by atomic mass is 9.99. The Balaban J connectivity index is 1.62. The summed E-state index contributed by atoms with van der Waals surface area (Å²) >= 11 is 3.25. The summed E-state index contributed by atoms with van der Waals surface area (Å²) in [5.41, 5.74) is 3.36. The van der Waals surface area contributed by atoms with E-state index < -0.39 is 18.7 Å². The maximum Gasteiger partial charge on any atom is 0.397 e. The lowest BCUT2D eigenvalue weighted by Gasteiger charge is -2.21. The van der Waals surface area contributed by atoms with Crippen LogP contribution in [0.3, 0.4) is 0 Å². The Morgan fingerprint density at radius 2 is 1.43 bits per heavy atom. The number of halogens is 4. The number of hydrogen-bond acceptors (Lipinski definition) is 1. The van der Waals surface area contributed by atoms with E-state index in [2.05, 4.69) is 28.1 Å². The first kappa shape index (κ1) is 20.6. The van der Waals surface area contributed by atoms with E-state index in [9.17, 15) is 13.2 Å². The molecule has 0 N–H and O–H groups in total. The van der Waals surface area contributed by atoms with E-state index in [1.165, 1.54) is 17.7 Å². The third-order valence-corrected chi connectivity index (χ3v) is 4.99. The Bertz CT molecular complexity index is 876. The molecule has 0 spiro atoms. The first-order valence-electron chi connectivity index (χ1n) is 8.93. The van der Waals surface area contributed by atoms with Crippen LogP contribution in [0.25, 0.3) is 0 Å². The molecular weight excluding hydrogens is 429 g/mol. The van der Waals surface area contributed by atoms with Crippen molar-refractivity contribution in [3.63, 3.8) is 0 Å². The van der Waals surface area contributed by atoms with Crippen LogP contribution >= 0.6 is 15.9 Å². The molecule has 1 atom stereocenters. The van der Waals surface area contributed by atoms with Gasteiger partial charge in [-0.1, -0.05) is 82.7 Å². The second-order valence-corrected chi connectivity index (χ2v) is 7.56. The summed E-state index contributed by atoms with van der Waals surface area (Å²) in [6.45, 7) is -0.264. The molecule has 1 unspecified atom stereocenters. The van der Waals surface area contributed by atoms with Crippen molar-refractivity contribution in [2.75, 3.05) is 6.61 Å². The van der Waals surface area contributed by atoms with Crippen LogP contribution in [-0.4, -0.2) is 12.8 Å². The fourth-order valence-corrected chi connectivity index (χ4v) is 3.29. The molecule has 3 aromatic rings. The first-order valence-corrected chi connectivity index (χ1v) is 9.73. The van der Waals surface area contributed by atoms with Crippen molar-refractivity contribution < 1.29 is 17.9 Å². The van der Waals surface area contributed by atoms with Crippen molar-refractivity contribution in [3.05, 3.63) is 106 Å². The molecule has 0 bridgehead atoms. The molecule has 0 aliphatic heterocycles. The Labute approximate surface area is 171 Å². The number of benzene rings is 3. The molecule has 0 aliphatic rings. The van der Waals surface area contributed by atoms with Crippen LogP contribution in [0.5, 0.6) is 0 Å². The lowest BCUT2D eigenvalue weighted by Crippen LogP contribution is -2.25. The summed E-state index contributed by atoms with van der Waals surface area (Å²) in [4.78, 5) is 0. The van der Waals surface area contributed by atoms with E-state index in [4.69, 9.17) is 4.74 Å². The first-order chi connectivity index (χ1) is 13.4. The van der Waals surface area contributed by atoms with Gasteiger partial charge >= 0.3 is 6.18 Å². The number of ether oxygens (including phenoxy) is 1. The Morgan fingerprint density at radius 3 is 2.11 bits per heavy atom. The predicted molar refractivity (Wildman–Crippen MR) is 108 cm³/mol. The van der Waals surface area contributed by atoms with Crippen molar-refractivity contribution in [1.29, 1.82) is 0 Å². The number of alkyl halides is 3. The zero-order chi connectivity index (χ0) is 20.0. The van der Waals surface area contributed by atoms with Crippen molar-refractivity contribution in [2.45, 2.75) is 25.1 Å². The molecule has 0 saturated heterocycles. The third-order valence-electron chi connectivity index (χ3n) is 4.46. The molecular formula is C23H20BrF3O. The van der Waals surface area contributed by atoms with Crippen molar-refractivity contribution in [1.82, 2.24) is 0 Å². The van der Waals surface area contributed by atoms with Gasteiger partial charge in [-0.05, 0) is 40.8 Å². The summed E-state index contributed by atoms with van der Waals surface area (Å²) in [6.07, 6.45) is -3.58. The average Bonchev–Trinajstić information content (AvgIpc) is 2.66. The Kier molecular flexibility index (Phi) is 6.92. The van der Waals surface area contributed by atoms with E-state index in [-0.39, 0.29) is 12.2 Å². The molecule has 0 heterocycles. The van der Waals surface area contributed by atoms with Crippen LogP contribution in [0.1, 0.15) is 28.2 Å². The smallest absolute Gasteiger partial charge is 0.376 e. The zero-order valence-electron chi connectivity index (χ0n) is 15.1. The average molecular weight is 449 g/mol. The molecule has 3 rings (SSSR count). The minimum atomic E-state index is -4.36. The molecule has 1 nitrogen and oxygen atoms in total. The Hall–Kier alpha value is -2.11. The van der Waals surface area contributed by atoms with Crippen LogP contribution < -0.4 is 0 Å². The van der Waals surface area contributed by atoms with Gasteiger partial charge in [0.25, 0.3) is 0 Å². The minimum absolute atomic E-state index is 0.145. The predicted octanol–water partition coefficient (Wildman–Crippen LogP) is 6.90. The topological polar surface area (TPSA) is 9.23 Å². The molecule has 0 fully saturated rings. The molecule has 0 radical (unpaired) electrons. The molecule has 0 saturated carbocycles. The quantitative estimate of drug-likeness (QED) is 0.381. The van der Waals surface area contributed by atoms with Gasteiger partial charge in [0.05, 0.1) is 13.2 Å². The standard InChI is InChI=1S/C23H20BrF3O/c24-21-11-9-20(10-12-21)22(23(25,26)27)16-28-15-19-8-4-7-18(14-19)13-17-5-2-1-3-6-17/h1-12,14,22H,13,15-16H2. The minimum Gasteiger partial charge on any atom is -0.376 e. The molecule has 0 aromatic heterocycles. The summed E-state index contributed by atoms with van der Waals surface area (Å²) in [7, 11) is 0. The lowest BCUT2D eigenvalue weighted by molar-refractivity contribution is -0.163. The van der Waals surface area contributed by atoms with Gasteiger partial charge < -0.3 is 4.74 Å². The molecule has 146 valence electrons. The maximum atomic E-state index is 13.4. The van der Waals surface area contributed by atoms with Gasteiger partial charge in [0, 0.05) is 4.47 Å². The summed E-state index contributed by atoms with van der Waals surface area (Å²) in [5, 5.41) is 0. The van der Waals surface area contributed by atoms with Crippen LogP contribution in [0.2, 0.25) is 0 Å². The maximum absolute atomic E-state index is 13.4.